The van der Waals surface area contributed by atoms with Crippen molar-refractivity contribution in [1.82, 2.24) is 0 Å². The smallest absolute Gasteiger partial charge is 0.264 e. The Hall–Kier alpha value is -2.65. The number of Topliss-reactive ketones (excluding diaryl/α,β-unsaturated/α-hetero) is 1. The van der Waals surface area contributed by atoms with Crippen molar-refractivity contribution in [2.45, 2.75) is 24.7 Å². The van der Waals surface area contributed by atoms with Crippen molar-refractivity contribution in [3.05, 3.63) is 59.2 Å². The van der Waals surface area contributed by atoms with E-state index in [4.69, 9.17) is 5.26 Å². The number of hydrogen-bond donors (Lipinski definition) is 0. The molecule has 3 rings (SSSR count). The zero-order chi connectivity index (χ0) is 17.3. The molecule has 0 spiro atoms. The van der Waals surface area contributed by atoms with Crippen LogP contribution in [0.5, 0.6) is 0 Å². The normalized spacial score (nSPS) is 13.4. The summed E-state index contributed by atoms with van der Waals surface area (Å²) >= 11 is 0. The number of ketones is 1. The molecule has 0 heterocycles. The van der Waals surface area contributed by atoms with Crippen LogP contribution in [0.15, 0.2) is 47.4 Å². The monoisotopic (exact) mass is 340 g/mol. The lowest BCUT2D eigenvalue weighted by atomic mass is 10.1. The molecule has 0 aliphatic heterocycles. The first kappa shape index (κ1) is 16.2. The molecule has 5 nitrogen and oxygen atoms in total. The second-order valence-corrected chi connectivity index (χ2v) is 7.43. The molecule has 6 heteroatoms. The average molecular weight is 340 g/mol. The molecule has 0 aromatic heterocycles. The summed E-state index contributed by atoms with van der Waals surface area (Å²) in [5.74, 6) is 0.0543. The van der Waals surface area contributed by atoms with Gasteiger partial charge in [-0.1, -0.05) is 6.07 Å². The second kappa shape index (κ2) is 6.10. The Kier molecular flexibility index (Phi) is 4.12. The fourth-order valence-electron chi connectivity index (χ4n) is 2.90. The number of nitrogens with zero attached hydrogens (tertiary/aromatic N) is 2. The number of fused-ring (bicyclic) bond motifs is 1. The molecule has 0 radical (unpaired) electrons. The number of sulfonamides is 1. The van der Waals surface area contributed by atoms with Gasteiger partial charge in [0.2, 0.25) is 0 Å². The molecule has 0 N–H and O–H groups in total. The van der Waals surface area contributed by atoms with E-state index in [2.05, 4.69) is 0 Å². The molecule has 0 unspecified atom stereocenters. The van der Waals surface area contributed by atoms with Crippen molar-refractivity contribution in [3.63, 3.8) is 0 Å². The van der Waals surface area contributed by atoms with Crippen LogP contribution in [0.1, 0.15) is 34.8 Å². The minimum Gasteiger partial charge on any atom is -0.294 e. The van der Waals surface area contributed by atoms with Gasteiger partial charge in [-0.15, -0.1) is 0 Å². The number of hydrogen-bond acceptors (Lipinski definition) is 4. The number of rotatable bonds is 4. The van der Waals surface area contributed by atoms with Gasteiger partial charge in [-0.25, -0.2) is 8.42 Å². The third-order valence-electron chi connectivity index (χ3n) is 4.16. The summed E-state index contributed by atoms with van der Waals surface area (Å²) in [6.45, 7) is 1.99. The van der Waals surface area contributed by atoms with Crippen LogP contribution in [0, 0.1) is 11.3 Å². The van der Waals surface area contributed by atoms with Crippen LogP contribution in [0.4, 0.5) is 5.69 Å². The summed E-state index contributed by atoms with van der Waals surface area (Å²) < 4.78 is 27.1. The fraction of sp³-hybridized carbons (Fsp3) is 0.222. The molecular weight excluding hydrogens is 324 g/mol. The van der Waals surface area contributed by atoms with Gasteiger partial charge in [-0.05, 0) is 55.3 Å². The molecule has 24 heavy (non-hydrogen) atoms. The lowest BCUT2D eigenvalue weighted by molar-refractivity contribution is 0.0994. The highest BCUT2D eigenvalue weighted by Crippen LogP contribution is 2.30. The van der Waals surface area contributed by atoms with Crippen molar-refractivity contribution in [2.75, 3.05) is 10.8 Å². The standard InChI is InChI=1S/C18H16N2O3S/c1-2-20(15-7-5-14-6-10-18(21)17(14)11-15)24(22,23)16-8-3-13(12-19)4-9-16/h3-5,7-9,11H,2,6,10H2,1H3. The van der Waals surface area contributed by atoms with E-state index in [1.807, 2.05) is 12.1 Å². The van der Waals surface area contributed by atoms with Crippen LogP contribution in [0.3, 0.4) is 0 Å². The highest BCUT2D eigenvalue weighted by Gasteiger charge is 2.26. The van der Waals surface area contributed by atoms with Crippen LogP contribution in [0.2, 0.25) is 0 Å². The van der Waals surface area contributed by atoms with Gasteiger partial charge in [0.05, 0.1) is 22.2 Å². The second-order valence-electron chi connectivity index (χ2n) is 5.57. The maximum Gasteiger partial charge on any atom is 0.264 e. The Morgan fingerprint density at radius 1 is 1.12 bits per heavy atom. The van der Waals surface area contributed by atoms with Crippen molar-refractivity contribution in [2.24, 2.45) is 0 Å². The number of carbonyl (C=O) groups is 1. The molecule has 122 valence electrons. The van der Waals surface area contributed by atoms with E-state index in [1.165, 1.54) is 28.6 Å². The first-order valence-corrected chi connectivity index (χ1v) is 9.10. The lowest BCUT2D eigenvalue weighted by Crippen LogP contribution is -2.30. The third-order valence-corrected chi connectivity index (χ3v) is 6.08. The van der Waals surface area contributed by atoms with Gasteiger partial charge in [0.1, 0.15) is 0 Å². The predicted octanol–water partition coefficient (Wildman–Crippen LogP) is 2.90. The van der Waals surface area contributed by atoms with E-state index >= 15 is 0 Å². The summed E-state index contributed by atoms with van der Waals surface area (Å²) in [4.78, 5) is 12.0. The Balaban J connectivity index is 2.03. The Morgan fingerprint density at radius 2 is 1.83 bits per heavy atom. The zero-order valence-electron chi connectivity index (χ0n) is 13.2. The van der Waals surface area contributed by atoms with Crippen LogP contribution in [0.25, 0.3) is 0 Å². The summed E-state index contributed by atoms with van der Waals surface area (Å²) in [5.41, 5.74) is 2.47. The van der Waals surface area contributed by atoms with Gasteiger partial charge in [-0.3, -0.25) is 9.10 Å². The quantitative estimate of drug-likeness (QED) is 0.857. The van der Waals surface area contributed by atoms with Gasteiger partial charge < -0.3 is 0 Å². The fourth-order valence-corrected chi connectivity index (χ4v) is 4.37. The number of anilines is 1. The Morgan fingerprint density at radius 3 is 2.46 bits per heavy atom. The topological polar surface area (TPSA) is 78.2 Å². The van der Waals surface area contributed by atoms with E-state index in [9.17, 15) is 13.2 Å². The predicted molar refractivity (Wildman–Crippen MR) is 90.5 cm³/mol. The Labute approximate surface area is 141 Å². The highest BCUT2D eigenvalue weighted by molar-refractivity contribution is 7.92. The van der Waals surface area contributed by atoms with E-state index < -0.39 is 10.0 Å². The summed E-state index contributed by atoms with van der Waals surface area (Å²) in [5, 5.41) is 8.84. The molecule has 0 saturated carbocycles. The van der Waals surface area contributed by atoms with Crippen molar-refractivity contribution in [3.8, 4) is 6.07 Å². The number of aryl methyl sites for hydroxylation is 1. The summed E-state index contributed by atoms with van der Waals surface area (Å²) in [6.07, 6.45) is 1.19. The molecule has 0 atom stereocenters. The van der Waals surface area contributed by atoms with Crippen LogP contribution >= 0.6 is 0 Å². The maximum atomic E-state index is 12.9. The van der Waals surface area contributed by atoms with Gasteiger partial charge in [0.15, 0.2) is 5.78 Å². The molecule has 0 amide bonds. The first-order valence-electron chi connectivity index (χ1n) is 7.66. The largest absolute Gasteiger partial charge is 0.294 e. The summed E-state index contributed by atoms with van der Waals surface area (Å²) in [7, 11) is -3.75. The van der Waals surface area contributed by atoms with E-state index in [0.717, 1.165) is 5.56 Å². The third kappa shape index (κ3) is 2.68. The minimum atomic E-state index is -3.75. The van der Waals surface area contributed by atoms with Crippen LogP contribution in [-0.4, -0.2) is 20.7 Å². The Bertz CT molecular complexity index is 941. The molecule has 0 fully saturated rings. The van der Waals surface area contributed by atoms with Crippen molar-refractivity contribution in [1.29, 1.82) is 5.26 Å². The van der Waals surface area contributed by atoms with Crippen LogP contribution in [-0.2, 0) is 16.4 Å². The first-order chi connectivity index (χ1) is 11.5. The highest BCUT2D eigenvalue weighted by atomic mass is 32.2. The zero-order valence-corrected chi connectivity index (χ0v) is 14.0. The van der Waals surface area contributed by atoms with Gasteiger partial charge >= 0.3 is 0 Å². The SMILES string of the molecule is CCN(c1ccc2c(c1)C(=O)CC2)S(=O)(=O)c1ccc(C#N)cc1. The number of nitriles is 1. The van der Waals surface area contributed by atoms with Crippen LogP contribution < -0.4 is 4.31 Å². The van der Waals surface area contributed by atoms with Gasteiger partial charge in [-0.2, -0.15) is 5.26 Å². The van der Waals surface area contributed by atoms with E-state index in [1.54, 1.807) is 19.1 Å². The molecule has 1 aliphatic carbocycles. The average Bonchev–Trinajstić information content (AvgIpc) is 2.96. The molecule has 0 bridgehead atoms. The number of carbonyl (C=O) groups excluding carboxylic acids is 1. The lowest BCUT2D eigenvalue weighted by Gasteiger charge is -2.23. The van der Waals surface area contributed by atoms with Gasteiger partial charge in [0.25, 0.3) is 10.0 Å². The summed E-state index contributed by atoms with van der Waals surface area (Å²) in [6, 6.07) is 13.0. The number of benzene rings is 2. The molecule has 2 aromatic rings. The molecule has 1 aliphatic rings. The van der Waals surface area contributed by atoms with E-state index in [-0.39, 0.29) is 17.2 Å². The van der Waals surface area contributed by atoms with E-state index in [0.29, 0.717) is 29.7 Å². The van der Waals surface area contributed by atoms with Crippen molar-refractivity contribution < 1.29 is 13.2 Å². The molecule has 2 aromatic carbocycles. The molecule has 0 saturated heterocycles. The van der Waals surface area contributed by atoms with Crippen molar-refractivity contribution >= 4 is 21.5 Å². The molecular formula is C18H16N2O3S. The minimum absolute atomic E-state index is 0.0543. The van der Waals surface area contributed by atoms with Gasteiger partial charge in [0, 0.05) is 18.5 Å². The maximum absolute atomic E-state index is 12.9.